The number of benzene rings is 1. The van der Waals surface area contributed by atoms with Crippen molar-refractivity contribution in [1.29, 1.82) is 0 Å². The molecule has 0 saturated heterocycles. The maximum Gasteiger partial charge on any atom is 0.492 e. The lowest BCUT2D eigenvalue weighted by Crippen LogP contribution is -2.34. The molecule has 0 radical (unpaired) electrons. The summed E-state index contributed by atoms with van der Waals surface area (Å²) >= 11 is 0. The highest BCUT2D eigenvalue weighted by molar-refractivity contribution is 7.89. The average molecular weight is 471 g/mol. The first kappa shape index (κ1) is 21.8. The minimum atomic E-state index is -5.33. The van der Waals surface area contributed by atoms with Crippen molar-refractivity contribution in [3.8, 4) is 0 Å². The highest BCUT2D eigenvalue weighted by atomic mass is 32.2. The second-order valence-corrected chi connectivity index (χ2v) is 8.57. The molecule has 2 heterocycles. The molecular weight excluding hydrogens is 455 g/mol. The van der Waals surface area contributed by atoms with E-state index in [4.69, 9.17) is 4.42 Å². The molecule has 0 unspecified atom stereocenters. The first-order valence-corrected chi connectivity index (χ1v) is 10.8. The van der Waals surface area contributed by atoms with Crippen LogP contribution in [0.1, 0.15) is 19.3 Å². The maximum absolute atomic E-state index is 12.1. The quantitative estimate of drug-likeness (QED) is 0.444. The minimum Gasteiger partial charge on any atom is -0.459 e. The lowest BCUT2D eigenvalue weighted by atomic mass is 9.93. The van der Waals surface area contributed by atoms with Gasteiger partial charge in [0.1, 0.15) is 5.52 Å². The maximum atomic E-state index is 12.1. The number of nitrogens with one attached hydrogen (secondary N) is 3. The highest BCUT2D eigenvalue weighted by Gasteiger charge is 2.42. The van der Waals surface area contributed by atoms with E-state index in [0.29, 0.717) is 28.6 Å². The Morgan fingerprint density at radius 3 is 2.47 bits per heavy atom. The van der Waals surface area contributed by atoms with E-state index >= 15 is 0 Å². The van der Waals surface area contributed by atoms with Crippen LogP contribution in [0.2, 0.25) is 0 Å². The van der Waals surface area contributed by atoms with E-state index in [1.807, 2.05) is 0 Å². The molecule has 0 amide bonds. The summed E-state index contributed by atoms with van der Waals surface area (Å²) in [5.41, 5.74) is 1.50. The number of hydrogen-bond donors (Lipinski definition) is 3. The fourth-order valence-corrected chi connectivity index (χ4v) is 3.58. The van der Waals surface area contributed by atoms with E-state index < -0.39 is 27.1 Å². The van der Waals surface area contributed by atoms with Gasteiger partial charge in [0.15, 0.2) is 11.4 Å². The summed E-state index contributed by atoms with van der Waals surface area (Å²) in [6.45, 7) is 0. The molecule has 170 valence electrons. The van der Waals surface area contributed by atoms with E-state index in [0.717, 1.165) is 36.3 Å². The number of rotatable bonds is 7. The van der Waals surface area contributed by atoms with Crippen molar-refractivity contribution in [1.82, 2.24) is 14.9 Å². The fourth-order valence-electron chi connectivity index (χ4n) is 2.81. The van der Waals surface area contributed by atoms with Gasteiger partial charge in [0.05, 0.1) is 11.2 Å². The van der Waals surface area contributed by atoms with Gasteiger partial charge in [0, 0.05) is 17.8 Å². The standard InChI is InChI=1S/C18H16F3N5O5S/c19-18(20,21)16(27)31-26-32(28,29)12-6-4-11(5-7-12)23-17-24-13-8-9-30-14(13)15(25-17)22-10-2-1-3-10/h4-10,26H,1-3H2,(H2,22,23,24,25). The number of fused-ring (bicyclic) bond motifs is 1. The number of hydrogen-bond acceptors (Lipinski definition) is 9. The van der Waals surface area contributed by atoms with Crippen molar-refractivity contribution < 1.29 is 35.6 Å². The van der Waals surface area contributed by atoms with Gasteiger partial charge in [-0.15, -0.1) is 0 Å². The number of halogens is 3. The predicted molar refractivity (Wildman–Crippen MR) is 105 cm³/mol. The fraction of sp³-hybridized carbons (Fsp3) is 0.278. The number of nitrogens with zero attached hydrogens (tertiary/aromatic N) is 2. The second-order valence-electron chi connectivity index (χ2n) is 6.93. The van der Waals surface area contributed by atoms with Crippen LogP contribution in [0, 0.1) is 0 Å². The Hall–Kier alpha value is -3.39. The van der Waals surface area contributed by atoms with Gasteiger partial charge >= 0.3 is 12.1 Å². The Labute approximate surface area is 179 Å². The minimum absolute atomic E-state index is 0.230. The van der Waals surface area contributed by atoms with E-state index in [2.05, 4.69) is 25.4 Å². The van der Waals surface area contributed by atoms with Crippen molar-refractivity contribution in [2.75, 3.05) is 10.6 Å². The molecule has 1 saturated carbocycles. The van der Waals surface area contributed by atoms with Gasteiger partial charge in [-0.25, -0.2) is 18.2 Å². The van der Waals surface area contributed by atoms with Gasteiger partial charge in [0.25, 0.3) is 10.0 Å². The summed E-state index contributed by atoms with van der Waals surface area (Å²) in [5.74, 6) is -1.92. The van der Waals surface area contributed by atoms with Crippen molar-refractivity contribution in [3.63, 3.8) is 0 Å². The first-order valence-electron chi connectivity index (χ1n) is 9.30. The Balaban J connectivity index is 1.47. The average Bonchev–Trinajstić information content (AvgIpc) is 3.17. The summed E-state index contributed by atoms with van der Waals surface area (Å²) in [6, 6.07) is 6.89. The topological polar surface area (TPSA) is 135 Å². The van der Waals surface area contributed by atoms with Gasteiger partial charge in [-0.2, -0.15) is 18.2 Å². The second kappa shape index (κ2) is 8.27. The van der Waals surface area contributed by atoms with Crippen LogP contribution < -0.4 is 15.5 Å². The summed E-state index contributed by atoms with van der Waals surface area (Å²) in [6.07, 6.45) is -0.658. The van der Waals surface area contributed by atoms with Crippen molar-refractivity contribution in [2.45, 2.75) is 36.4 Å². The molecule has 1 aliphatic rings. The van der Waals surface area contributed by atoms with E-state index in [1.54, 1.807) is 6.07 Å². The first-order chi connectivity index (χ1) is 15.1. The van der Waals surface area contributed by atoms with E-state index in [-0.39, 0.29) is 5.95 Å². The number of furan rings is 1. The smallest absolute Gasteiger partial charge is 0.459 e. The molecule has 32 heavy (non-hydrogen) atoms. The van der Waals surface area contributed by atoms with E-state index in [1.165, 1.54) is 18.4 Å². The molecule has 2 aromatic heterocycles. The molecule has 0 bridgehead atoms. The third-order valence-electron chi connectivity index (χ3n) is 4.65. The molecule has 3 N–H and O–H groups in total. The van der Waals surface area contributed by atoms with Crippen LogP contribution in [0.4, 0.5) is 30.6 Å². The molecule has 0 spiro atoms. The number of anilines is 3. The Morgan fingerprint density at radius 2 is 1.84 bits per heavy atom. The third-order valence-corrected chi connectivity index (χ3v) is 5.84. The molecule has 0 aliphatic heterocycles. The van der Waals surface area contributed by atoms with Crippen LogP contribution >= 0.6 is 0 Å². The monoisotopic (exact) mass is 471 g/mol. The lowest BCUT2D eigenvalue weighted by Gasteiger charge is -2.26. The number of aromatic nitrogens is 2. The molecule has 0 atom stereocenters. The molecule has 1 aromatic carbocycles. The van der Waals surface area contributed by atoms with Gasteiger partial charge in [-0.1, -0.05) is 0 Å². The van der Waals surface area contributed by atoms with Crippen LogP contribution in [0.15, 0.2) is 45.9 Å². The van der Waals surface area contributed by atoms with Crippen LogP contribution in [-0.2, 0) is 19.7 Å². The summed E-state index contributed by atoms with van der Waals surface area (Å²) in [5, 5.41) is 6.23. The summed E-state index contributed by atoms with van der Waals surface area (Å²) < 4.78 is 65.9. The zero-order valence-corrected chi connectivity index (χ0v) is 17.0. The lowest BCUT2D eigenvalue weighted by molar-refractivity contribution is -0.203. The zero-order chi connectivity index (χ0) is 22.9. The Kier molecular flexibility index (Phi) is 5.64. The van der Waals surface area contributed by atoms with Crippen LogP contribution in [0.3, 0.4) is 0 Å². The van der Waals surface area contributed by atoms with Crippen LogP contribution in [0.25, 0.3) is 11.1 Å². The normalized spacial score (nSPS) is 14.7. The molecule has 1 fully saturated rings. The third kappa shape index (κ3) is 4.75. The molecule has 14 heteroatoms. The Bertz CT molecular complexity index is 1240. The van der Waals surface area contributed by atoms with Crippen LogP contribution in [0.5, 0.6) is 0 Å². The predicted octanol–water partition coefficient (Wildman–Crippen LogP) is 3.23. The number of carbonyl (C=O) groups excluding carboxylic acids is 1. The highest BCUT2D eigenvalue weighted by Crippen LogP contribution is 2.29. The van der Waals surface area contributed by atoms with Crippen LogP contribution in [-0.4, -0.2) is 36.6 Å². The van der Waals surface area contributed by atoms with Crippen molar-refractivity contribution in [3.05, 3.63) is 36.6 Å². The summed E-state index contributed by atoms with van der Waals surface area (Å²) in [7, 11) is -4.52. The van der Waals surface area contributed by atoms with Crippen molar-refractivity contribution >= 4 is 44.5 Å². The number of alkyl halides is 3. The van der Waals surface area contributed by atoms with Gasteiger partial charge in [0.2, 0.25) is 5.95 Å². The SMILES string of the molecule is O=C(ONS(=O)(=O)c1ccc(Nc2nc(NC3CCC3)c3occc3n2)cc1)C(F)(F)F. The zero-order valence-electron chi connectivity index (χ0n) is 16.1. The molecule has 1 aliphatic carbocycles. The van der Waals surface area contributed by atoms with Gasteiger partial charge in [-0.05, 0) is 48.4 Å². The number of sulfonamides is 1. The Morgan fingerprint density at radius 1 is 1.12 bits per heavy atom. The molecule has 4 rings (SSSR count). The molecular formula is C18H16F3N5O5S. The molecule has 10 nitrogen and oxygen atoms in total. The summed E-state index contributed by atoms with van der Waals surface area (Å²) in [4.78, 5) is 23.7. The molecule has 3 aromatic rings. The number of carbonyl (C=O) groups is 1. The largest absolute Gasteiger partial charge is 0.492 e. The van der Waals surface area contributed by atoms with E-state index in [9.17, 15) is 26.4 Å². The van der Waals surface area contributed by atoms with Gasteiger partial charge in [-0.3, -0.25) is 0 Å². The van der Waals surface area contributed by atoms with Gasteiger partial charge < -0.3 is 19.9 Å². The van der Waals surface area contributed by atoms with Crippen molar-refractivity contribution in [2.24, 2.45) is 0 Å².